The number of anilines is 2. The van der Waals surface area contributed by atoms with E-state index in [2.05, 4.69) is 10.4 Å². The molecule has 100 valence electrons. The number of rotatable bonds is 2. The summed E-state index contributed by atoms with van der Waals surface area (Å²) >= 11 is 1.56. The highest BCUT2D eigenvalue weighted by atomic mass is 32.1. The van der Waals surface area contributed by atoms with Crippen LogP contribution in [0.15, 0.2) is 53.4 Å². The zero-order valence-electron chi connectivity index (χ0n) is 10.5. The number of hydrogen-bond acceptors (Lipinski definition) is 4. The molecule has 0 saturated carbocycles. The fourth-order valence-corrected chi connectivity index (χ4v) is 2.46. The Kier molecular flexibility index (Phi) is 3.22. The maximum absolute atomic E-state index is 12.1. The minimum absolute atomic E-state index is 0.343. The topological polar surface area (TPSA) is 72.9 Å². The monoisotopic (exact) mass is 284 g/mol. The lowest BCUT2D eigenvalue weighted by Crippen LogP contribution is -2.19. The molecule has 1 aromatic carbocycles. The summed E-state index contributed by atoms with van der Waals surface area (Å²) in [7, 11) is 0. The molecule has 0 unspecified atom stereocenters. The smallest absolute Gasteiger partial charge is 0.346 e. The molecule has 0 aliphatic carbocycles. The zero-order valence-corrected chi connectivity index (χ0v) is 11.3. The highest BCUT2D eigenvalue weighted by Gasteiger charge is 2.13. The van der Waals surface area contributed by atoms with E-state index in [4.69, 9.17) is 5.73 Å². The van der Waals surface area contributed by atoms with E-state index in [1.54, 1.807) is 11.3 Å². The molecule has 3 aromatic rings. The number of benzene rings is 1. The summed E-state index contributed by atoms with van der Waals surface area (Å²) in [5.41, 5.74) is 8.63. The Morgan fingerprint density at radius 1 is 1.25 bits per heavy atom. The predicted octanol–water partition coefficient (Wildman–Crippen LogP) is 3.27. The lowest BCUT2D eigenvalue weighted by atomic mass is 10.2. The largest absolute Gasteiger partial charge is 0.396 e. The van der Waals surface area contributed by atoms with Gasteiger partial charge in [0, 0.05) is 16.6 Å². The van der Waals surface area contributed by atoms with Gasteiger partial charge in [-0.25, -0.2) is 4.79 Å². The summed E-state index contributed by atoms with van der Waals surface area (Å²) in [6.45, 7) is 0. The molecular weight excluding hydrogens is 272 g/mol. The maximum atomic E-state index is 12.1. The molecule has 6 heteroatoms. The van der Waals surface area contributed by atoms with Crippen molar-refractivity contribution in [2.24, 2.45) is 0 Å². The van der Waals surface area contributed by atoms with Crippen molar-refractivity contribution < 1.29 is 4.79 Å². The summed E-state index contributed by atoms with van der Waals surface area (Å²) in [5, 5.41) is 10.9. The molecule has 0 atom stereocenters. The van der Waals surface area contributed by atoms with Crippen LogP contribution in [0.4, 0.5) is 16.2 Å². The van der Waals surface area contributed by atoms with E-state index in [0.717, 1.165) is 5.56 Å². The van der Waals surface area contributed by atoms with Crippen LogP contribution in [0.1, 0.15) is 0 Å². The first-order valence-corrected chi connectivity index (χ1v) is 6.92. The van der Waals surface area contributed by atoms with E-state index in [1.165, 1.54) is 10.9 Å². The third kappa shape index (κ3) is 2.41. The summed E-state index contributed by atoms with van der Waals surface area (Å²) < 4.78 is 1.22. The number of hydrogen-bond donors (Lipinski definition) is 2. The van der Waals surface area contributed by atoms with Crippen molar-refractivity contribution in [1.82, 2.24) is 9.78 Å². The van der Waals surface area contributed by atoms with Crippen molar-refractivity contribution in [2.75, 3.05) is 11.1 Å². The molecular formula is C14H12N4OS. The van der Waals surface area contributed by atoms with Crippen molar-refractivity contribution >= 4 is 28.7 Å². The van der Waals surface area contributed by atoms with Crippen LogP contribution in [-0.4, -0.2) is 15.8 Å². The van der Waals surface area contributed by atoms with Gasteiger partial charge < -0.3 is 11.1 Å². The van der Waals surface area contributed by atoms with Crippen LogP contribution in [0.25, 0.3) is 11.3 Å². The van der Waals surface area contributed by atoms with E-state index in [-0.39, 0.29) is 6.03 Å². The fourth-order valence-electron chi connectivity index (χ4n) is 1.82. The molecule has 5 nitrogen and oxygen atoms in total. The van der Waals surface area contributed by atoms with Gasteiger partial charge in [-0.1, -0.05) is 18.2 Å². The highest BCUT2D eigenvalue weighted by molar-refractivity contribution is 7.08. The quantitative estimate of drug-likeness (QED) is 0.758. The second kappa shape index (κ2) is 5.18. The van der Waals surface area contributed by atoms with Crippen molar-refractivity contribution in [1.29, 1.82) is 0 Å². The lowest BCUT2D eigenvalue weighted by Gasteiger charge is -2.03. The number of carbonyl (C=O) groups is 1. The van der Waals surface area contributed by atoms with Crippen LogP contribution < -0.4 is 11.1 Å². The van der Waals surface area contributed by atoms with Crippen LogP contribution in [0.2, 0.25) is 0 Å². The molecule has 1 amide bonds. The number of para-hydroxylation sites is 1. The van der Waals surface area contributed by atoms with Gasteiger partial charge in [0.15, 0.2) is 0 Å². The summed E-state index contributed by atoms with van der Waals surface area (Å²) in [5.74, 6) is 0. The molecule has 0 aliphatic rings. The molecule has 3 rings (SSSR count). The number of carbonyl (C=O) groups excluding carboxylic acids is 1. The van der Waals surface area contributed by atoms with Gasteiger partial charge in [-0.15, -0.1) is 0 Å². The molecule has 0 bridgehead atoms. The number of nitrogens with zero attached hydrogens (tertiary/aromatic N) is 2. The van der Waals surface area contributed by atoms with Gasteiger partial charge in [-0.05, 0) is 23.6 Å². The normalized spacial score (nSPS) is 10.4. The minimum Gasteiger partial charge on any atom is -0.396 e. The number of nitrogens with one attached hydrogen (secondary N) is 1. The van der Waals surface area contributed by atoms with Crippen LogP contribution >= 0.6 is 11.3 Å². The van der Waals surface area contributed by atoms with Gasteiger partial charge in [0.05, 0.1) is 11.9 Å². The van der Waals surface area contributed by atoms with Gasteiger partial charge in [0.2, 0.25) is 0 Å². The number of amides is 1. The predicted molar refractivity (Wildman–Crippen MR) is 80.8 cm³/mol. The molecule has 2 aromatic heterocycles. The fraction of sp³-hybridized carbons (Fsp3) is 0. The van der Waals surface area contributed by atoms with Crippen molar-refractivity contribution in [3.05, 3.63) is 53.4 Å². The van der Waals surface area contributed by atoms with E-state index in [9.17, 15) is 4.79 Å². The number of nitrogen functional groups attached to an aromatic ring is 1. The third-order valence-corrected chi connectivity index (χ3v) is 3.45. The first-order valence-electron chi connectivity index (χ1n) is 5.98. The molecule has 0 spiro atoms. The lowest BCUT2D eigenvalue weighted by molar-refractivity contribution is 0.251. The van der Waals surface area contributed by atoms with Crippen molar-refractivity contribution in [3.8, 4) is 11.3 Å². The Balaban J connectivity index is 1.84. The van der Waals surface area contributed by atoms with Gasteiger partial charge in [0.1, 0.15) is 5.69 Å². The Labute approximate surface area is 119 Å². The summed E-state index contributed by atoms with van der Waals surface area (Å²) in [4.78, 5) is 12.1. The molecule has 3 N–H and O–H groups in total. The Morgan fingerprint density at radius 3 is 2.75 bits per heavy atom. The second-order valence-corrected chi connectivity index (χ2v) is 4.97. The summed E-state index contributed by atoms with van der Waals surface area (Å²) in [6.07, 6.45) is 1.52. The minimum atomic E-state index is -0.343. The molecule has 20 heavy (non-hydrogen) atoms. The van der Waals surface area contributed by atoms with E-state index >= 15 is 0 Å². The molecule has 2 heterocycles. The first kappa shape index (κ1) is 12.4. The Bertz CT molecular complexity index is 719. The number of thiophene rings is 1. The SMILES string of the molecule is Nc1cn(C(=O)Nc2ccccc2)nc1-c1ccsc1. The van der Waals surface area contributed by atoms with Crippen LogP contribution in [0, 0.1) is 0 Å². The second-order valence-electron chi connectivity index (χ2n) is 4.19. The van der Waals surface area contributed by atoms with E-state index in [0.29, 0.717) is 17.1 Å². The Hall–Kier alpha value is -2.60. The number of aromatic nitrogens is 2. The van der Waals surface area contributed by atoms with E-state index < -0.39 is 0 Å². The van der Waals surface area contributed by atoms with Crippen molar-refractivity contribution in [3.63, 3.8) is 0 Å². The average molecular weight is 284 g/mol. The summed E-state index contributed by atoms with van der Waals surface area (Å²) in [6, 6.07) is 10.8. The third-order valence-electron chi connectivity index (χ3n) is 2.77. The average Bonchev–Trinajstić information content (AvgIpc) is 3.08. The standard InChI is InChI=1S/C14H12N4OS/c15-12-8-18(17-13(12)10-6-7-20-9-10)14(19)16-11-4-2-1-3-5-11/h1-9H,15H2,(H,16,19). The van der Waals surface area contributed by atoms with Crippen LogP contribution in [0.3, 0.4) is 0 Å². The first-order chi connectivity index (χ1) is 9.74. The molecule has 0 fully saturated rings. The van der Waals surface area contributed by atoms with Gasteiger partial charge >= 0.3 is 6.03 Å². The number of nitrogens with two attached hydrogens (primary N) is 1. The van der Waals surface area contributed by atoms with Gasteiger partial charge in [-0.2, -0.15) is 21.1 Å². The highest BCUT2D eigenvalue weighted by Crippen LogP contribution is 2.25. The molecule has 0 saturated heterocycles. The van der Waals surface area contributed by atoms with Gasteiger partial charge in [-0.3, -0.25) is 0 Å². The van der Waals surface area contributed by atoms with Crippen LogP contribution in [-0.2, 0) is 0 Å². The van der Waals surface area contributed by atoms with E-state index in [1.807, 2.05) is 47.2 Å². The maximum Gasteiger partial charge on any atom is 0.346 e. The molecule has 0 radical (unpaired) electrons. The zero-order chi connectivity index (χ0) is 13.9. The van der Waals surface area contributed by atoms with Crippen molar-refractivity contribution in [2.45, 2.75) is 0 Å². The Morgan fingerprint density at radius 2 is 2.05 bits per heavy atom. The molecule has 0 aliphatic heterocycles. The van der Waals surface area contributed by atoms with Crippen LogP contribution in [0.5, 0.6) is 0 Å². The van der Waals surface area contributed by atoms with Gasteiger partial charge in [0.25, 0.3) is 0 Å².